The lowest BCUT2D eigenvalue weighted by Gasteiger charge is -2.31. The second-order valence-electron chi connectivity index (χ2n) is 7.20. The molecule has 0 spiro atoms. The highest BCUT2D eigenvalue weighted by Crippen LogP contribution is 2.24. The molecule has 2 aliphatic rings. The van der Waals surface area contributed by atoms with Crippen molar-refractivity contribution in [2.45, 2.75) is 25.8 Å². The van der Waals surface area contributed by atoms with E-state index in [4.69, 9.17) is 4.74 Å². The van der Waals surface area contributed by atoms with Crippen LogP contribution in [0.1, 0.15) is 30.0 Å². The summed E-state index contributed by atoms with van der Waals surface area (Å²) in [6, 6.07) is 0. The molecule has 1 fully saturated rings. The molecule has 148 valence electrons. The fourth-order valence-electron chi connectivity index (χ4n) is 3.48. The van der Waals surface area contributed by atoms with Crippen molar-refractivity contribution in [1.82, 2.24) is 20.1 Å². The number of rotatable bonds is 6. The van der Waals surface area contributed by atoms with Crippen LogP contribution in [0.3, 0.4) is 0 Å². The van der Waals surface area contributed by atoms with E-state index >= 15 is 0 Å². The van der Waals surface area contributed by atoms with E-state index in [2.05, 4.69) is 33.7 Å². The Morgan fingerprint density at radius 1 is 1.41 bits per heavy atom. The van der Waals surface area contributed by atoms with Crippen molar-refractivity contribution in [3.63, 3.8) is 0 Å². The molecular formula is C19H28N4O3S. The average molecular weight is 393 g/mol. The standard InChI is InChI=1S/C19H28N4O3S/c1-22-8-5-14(6-9-22)16-13-27-17(21-16)10-20-19(25)15-4-3-7-23(11-15)18(24)12-26-2/h5,13,15H,3-4,6-12H2,1-2H3,(H,20,25)/t15-/m0/s1. The zero-order valence-electron chi connectivity index (χ0n) is 16.1. The number of piperidine rings is 1. The summed E-state index contributed by atoms with van der Waals surface area (Å²) in [5.74, 6) is -0.207. The quantitative estimate of drug-likeness (QED) is 0.791. The summed E-state index contributed by atoms with van der Waals surface area (Å²) in [5, 5.41) is 5.99. The van der Waals surface area contributed by atoms with Crippen LogP contribution in [0.4, 0.5) is 0 Å². The largest absolute Gasteiger partial charge is 0.375 e. The maximum absolute atomic E-state index is 12.5. The second kappa shape index (κ2) is 9.43. The number of ether oxygens (including phenoxy) is 1. The normalized spacial score (nSPS) is 21.0. The van der Waals surface area contributed by atoms with Crippen molar-refractivity contribution in [2.24, 2.45) is 5.92 Å². The number of likely N-dealkylation sites (N-methyl/N-ethyl adjacent to an activating group) is 1. The van der Waals surface area contributed by atoms with E-state index in [1.165, 1.54) is 12.7 Å². The molecule has 7 nitrogen and oxygen atoms in total. The zero-order valence-corrected chi connectivity index (χ0v) is 16.9. The molecule has 1 atom stereocenters. The molecule has 0 unspecified atom stereocenters. The number of carbonyl (C=O) groups excluding carboxylic acids is 2. The Hall–Kier alpha value is -1.77. The molecule has 1 N–H and O–H groups in total. The number of carbonyl (C=O) groups is 2. The molecule has 0 bridgehead atoms. The Labute approximate surface area is 164 Å². The van der Waals surface area contributed by atoms with Crippen molar-refractivity contribution in [2.75, 3.05) is 46.9 Å². The minimum atomic E-state index is -0.157. The molecule has 0 saturated carbocycles. The summed E-state index contributed by atoms with van der Waals surface area (Å²) in [6.07, 6.45) is 4.90. The lowest BCUT2D eigenvalue weighted by molar-refractivity contribution is -0.139. The van der Waals surface area contributed by atoms with Gasteiger partial charge in [-0.05, 0) is 31.9 Å². The third-order valence-electron chi connectivity index (χ3n) is 5.12. The first-order valence-corrected chi connectivity index (χ1v) is 10.3. The van der Waals surface area contributed by atoms with Crippen LogP contribution in [-0.4, -0.2) is 73.5 Å². The number of methoxy groups -OCH3 is 1. The summed E-state index contributed by atoms with van der Waals surface area (Å²) in [7, 11) is 3.63. The summed E-state index contributed by atoms with van der Waals surface area (Å²) in [4.78, 5) is 33.2. The highest BCUT2D eigenvalue weighted by Gasteiger charge is 2.28. The smallest absolute Gasteiger partial charge is 0.248 e. The zero-order chi connectivity index (χ0) is 19.2. The van der Waals surface area contributed by atoms with E-state index in [0.29, 0.717) is 19.6 Å². The second-order valence-corrected chi connectivity index (χ2v) is 8.14. The van der Waals surface area contributed by atoms with Crippen molar-refractivity contribution < 1.29 is 14.3 Å². The Bertz CT molecular complexity index is 703. The van der Waals surface area contributed by atoms with Crippen molar-refractivity contribution >= 4 is 28.7 Å². The van der Waals surface area contributed by atoms with Gasteiger partial charge in [0.2, 0.25) is 11.8 Å². The molecule has 3 rings (SSSR count). The minimum Gasteiger partial charge on any atom is -0.375 e. The molecular weight excluding hydrogens is 364 g/mol. The summed E-state index contributed by atoms with van der Waals surface area (Å²) in [5.41, 5.74) is 2.33. The van der Waals surface area contributed by atoms with Crippen molar-refractivity contribution in [3.05, 3.63) is 22.2 Å². The third kappa shape index (κ3) is 5.37. The summed E-state index contributed by atoms with van der Waals surface area (Å²) >= 11 is 1.58. The number of amides is 2. The van der Waals surface area contributed by atoms with E-state index in [9.17, 15) is 9.59 Å². The van der Waals surface area contributed by atoms with Gasteiger partial charge in [0, 0.05) is 38.7 Å². The molecule has 0 aromatic carbocycles. The van der Waals surface area contributed by atoms with Gasteiger partial charge in [0.05, 0.1) is 18.2 Å². The number of thiazole rings is 1. The molecule has 2 amide bonds. The van der Waals surface area contributed by atoms with Crippen LogP contribution in [0, 0.1) is 5.92 Å². The van der Waals surface area contributed by atoms with Gasteiger partial charge in [-0.2, -0.15) is 0 Å². The monoisotopic (exact) mass is 392 g/mol. The Morgan fingerprint density at radius 2 is 2.26 bits per heavy atom. The highest BCUT2D eigenvalue weighted by molar-refractivity contribution is 7.09. The first-order valence-electron chi connectivity index (χ1n) is 9.43. The van der Waals surface area contributed by atoms with Crippen LogP contribution < -0.4 is 5.32 Å². The van der Waals surface area contributed by atoms with Gasteiger partial charge in [0.1, 0.15) is 11.6 Å². The first-order chi connectivity index (χ1) is 13.1. The third-order valence-corrected chi connectivity index (χ3v) is 5.97. The number of hydrogen-bond donors (Lipinski definition) is 1. The Balaban J connectivity index is 1.50. The molecule has 0 radical (unpaired) electrons. The number of likely N-dealkylation sites (tertiary alicyclic amines) is 1. The maximum Gasteiger partial charge on any atom is 0.248 e. The van der Waals surface area contributed by atoms with Gasteiger partial charge in [0.25, 0.3) is 0 Å². The van der Waals surface area contributed by atoms with E-state index in [0.717, 1.165) is 43.1 Å². The van der Waals surface area contributed by atoms with Gasteiger partial charge in [-0.1, -0.05) is 6.08 Å². The number of nitrogens with one attached hydrogen (secondary N) is 1. The van der Waals surface area contributed by atoms with Crippen LogP contribution in [0.5, 0.6) is 0 Å². The predicted molar refractivity (Wildman–Crippen MR) is 105 cm³/mol. The summed E-state index contributed by atoms with van der Waals surface area (Å²) in [6.45, 7) is 3.69. The first kappa shape index (κ1) is 20.0. The predicted octanol–water partition coefficient (Wildman–Crippen LogP) is 1.36. The number of nitrogens with zero attached hydrogens (tertiary/aromatic N) is 3. The topological polar surface area (TPSA) is 74.8 Å². The number of aromatic nitrogens is 1. The lowest BCUT2D eigenvalue weighted by Crippen LogP contribution is -2.46. The molecule has 1 aromatic heterocycles. The molecule has 1 aromatic rings. The van der Waals surface area contributed by atoms with Crippen molar-refractivity contribution in [3.8, 4) is 0 Å². The van der Waals surface area contributed by atoms with Gasteiger partial charge in [-0.25, -0.2) is 4.98 Å². The molecule has 3 heterocycles. The van der Waals surface area contributed by atoms with Crippen LogP contribution in [0.25, 0.3) is 5.57 Å². The van der Waals surface area contributed by atoms with E-state index in [-0.39, 0.29) is 24.3 Å². The number of hydrogen-bond acceptors (Lipinski definition) is 6. The Morgan fingerprint density at radius 3 is 3.00 bits per heavy atom. The van der Waals surface area contributed by atoms with E-state index < -0.39 is 0 Å². The molecule has 8 heteroatoms. The van der Waals surface area contributed by atoms with Gasteiger partial charge < -0.3 is 19.9 Å². The van der Waals surface area contributed by atoms with Crippen LogP contribution in [-0.2, 0) is 20.9 Å². The van der Waals surface area contributed by atoms with E-state index in [1.807, 2.05) is 0 Å². The SMILES string of the molecule is COCC(=O)N1CCC[C@H](C(=O)NCc2nc(C3=CCN(C)CC3)cs2)C1. The molecule has 1 saturated heterocycles. The molecule has 2 aliphatic heterocycles. The van der Waals surface area contributed by atoms with Crippen LogP contribution in [0.2, 0.25) is 0 Å². The van der Waals surface area contributed by atoms with Gasteiger partial charge >= 0.3 is 0 Å². The minimum absolute atomic E-state index is 0.000161. The fraction of sp³-hybridized carbons (Fsp3) is 0.632. The molecule has 0 aliphatic carbocycles. The maximum atomic E-state index is 12.5. The van der Waals surface area contributed by atoms with Crippen LogP contribution in [0.15, 0.2) is 11.5 Å². The van der Waals surface area contributed by atoms with Gasteiger partial charge in [-0.3, -0.25) is 9.59 Å². The molecule has 27 heavy (non-hydrogen) atoms. The lowest BCUT2D eigenvalue weighted by atomic mass is 9.97. The Kier molecular flexibility index (Phi) is 6.98. The fourth-order valence-corrected chi connectivity index (χ4v) is 4.24. The van der Waals surface area contributed by atoms with Crippen molar-refractivity contribution in [1.29, 1.82) is 0 Å². The highest BCUT2D eigenvalue weighted by atomic mass is 32.1. The van der Waals surface area contributed by atoms with Crippen LogP contribution >= 0.6 is 11.3 Å². The van der Waals surface area contributed by atoms with Gasteiger partial charge in [-0.15, -0.1) is 11.3 Å². The van der Waals surface area contributed by atoms with E-state index in [1.54, 1.807) is 16.2 Å². The van der Waals surface area contributed by atoms with Gasteiger partial charge in [0.15, 0.2) is 0 Å². The average Bonchev–Trinajstić information content (AvgIpc) is 3.16. The summed E-state index contributed by atoms with van der Waals surface area (Å²) < 4.78 is 4.91.